The van der Waals surface area contributed by atoms with Gasteiger partial charge in [-0.3, -0.25) is 0 Å². The van der Waals surface area contributed by atoms with Crippen LogP contribution in [-0.4, -0.2) is 19.9 Å². The Morgan fingerprint density at radius 2 is 0.759 bits per heavy atom. The van der Waals surface area contributed by atoms with Gasteiger partial charge in [-0.05, 0) is 70.8 Å². The van der Waals surface area contributed by atoms with Crippen molar-refractivity contribution in [1.82, 2.24) is 19.9 Å². The van der Waals surface area contributed by atoms with Gasteiger partial charge in [0, 0.05) is 42.0 Å². The summed E-state index contributed by atoms with van der Waals surface area (Å²) in [6.45, 7) is 2.54. The van der Waals surface area contributed by atoms with Gasteiger partial charge in [-0.1, -0.05) is 121 Å². The third kappa shape index (κ3) is 9.84. The minimum atomic E-state index is -0.242. The highest BCUT2D eigenvalue weighted by Gasteiger charge is 2.09. The van der Waals surface area contributed by atoms with E-state index in [2.05, 4.69) is 65.5 Å². The molecule has 4 N–H and O–H groups in total. The molecule has 268 valence electrons. The van der Waals surface area contributed by atoms with E-state index in [9.17, 15) is 4.39 Å². The van der Waals surface area contributed by atoms with E-state index in [1.54, 1.807) is 12.1 Å². The van der Waals surface area contributed by atoms with Crippen LogP contribution in [0.15, 0.2) is 158 Å². The number of anilines is 4. The highest BCUT2D eigenvalue weighted by atomic mass is 35.5. The SMILES string of the molecule is Clc1ccc(CNc2nc(NCc3ccccc3)c3ccccc3n2)cc1.Fc1ccc(CNc2nc(NCc3ccccc3)c3ccccc3n2)cc1. The Balaban J connectivity index is 0.000000167. The summed E-state index contributed by atoms with van der Waals surface area (Å²) in [4.78, 5) is 18.6. The van der Waals surface area contributed by atoms with Gasteiger partial charge in [0.2, 0.25) is 11.9 Å². The van der Waals surface area contributed by atoms with E-state index in [0.29, 0.717) is 38.1 Å². The zero-order valence-electron chi connectivity index (χ0n) is 29.4. The second-order valence-corrected chi connectivity index (χ2v) is 12.9. The van der Waals surface area contributed by atoms with Crippen LogP contribution in [0, 0.1) is 5.82 Å². The lowest BCUT2D eigenvalue weighted by Crippen LogP contribution is -2.08. The molecule has 8 aromatic rings. The predicted molar refractivity (Wildman–Crippen MR) is 219 cm³/mol. The number of nitrogens with zero attached hydrogens (tertiary/aromatic N) is 4. The Bertz CT molecular complexity index is 2240. The molecule has 0 spiro atoms. The zero-order valence-corrected chi connectivity index (χ0v) is 30.1. The van der Waals surface area contributed by atoms with Crippen molar-refractivity contribution in [2.45, 2.75) is 26.2 Å². The van der Waals surface area contributed by atoms with Crippen LogP contribution in [0.5, 0.6) is 0 Å². The fraction of sp³-hybridized carbons (Fsp3) is 0.0909. The summed E-state index contributed by atoms with van der Waals surface area (Å²) in [5.74, 6) is 2.50. The molecule has 8 nitrogen and oxygen atoms in total. The standard InChI is InChI=1S/C22H19ClN4.C22H19FN4/c2*23-18-12-10-17(11-13-18)15-25-22-26-20-9-5-4-8-19(20)21(27-22)24-14-16-6-2-1-3-7-16/h2*1-13H,14-15H2,(H2,24,25,26,27). The molecule has 0 amide bonds. The molecule has 0 aliphatic carbocycles. The number of nitrogens with one attached hydrogen (secondary N) is 4. The lowest BCUT2D eigenvalue weighted by atomic mass is 10.2. The van der Waals surface area contributed by atoms with Crippen LogP contribution in [0.1, 0.15) is 22.3 Å². The van der Waals surface area contributed by atoms with Crippen LogP contribution in [-0.2, 0) is 26.2 Å². The molecule has 0 unspecified atom stereocenters. The number of rotatable bonds is 12. The molecule has 0 saturated carbocycles. The van der Waals surface area contributed by atoms with E-state index in [4.69, 9.17) is 11.6 Å². The third-order valence-corrected chi connectivity index (χ3v) is 8.79. The number of para-hydroxylation sites is 2. The van der Waals surface area contributed by atoms with Gasteiger partial charge >= 0.3 is 0 Å². The van der Waals surface area contributed by atoms with Gasteiger partial charge in [-0.25, -0.2) is 14.4 Å². The van der Waals surface area contributed by atoms with Crippen molar-refractivity contribution in [1.29, 1.82) is 0 Å². The second kappa shape index (κ2) is 17.8. The molecular weight excluding hydrogens is 695 g/mol. The molecule has 10 heteroatoms. The zero-order chi connectivity index (χ0) is 37.0. The summed E-state index contributed by atoms with van der Waals surface area (Å²) in [6.07, 6.45) is 0. The van der Waals surface area contributed by atoms with Crippen molar-refractivity contribution >= 4 is 56.9 Å². The molecule has 0 radical (unpaired) electrons. The Morgan fingerprint density at radius 1 is 0.389 bits per heavy atom. The molecule has 54 heavy (non-hydrogen) atoms. The van der Waals surface area contributed by atoms with Gasteiger partial charge in [-0.15, -0.1) is 0 Å². The minimum absolute atomic E-state index is 0.242. The molecular formula is C44H38ClFN8. The Hall–Kier alpha value is -6.58. The average molecular weight is 733 g/mol. The summed E-state index contributed by atoms with van der Waals surface area (Å²) in [7, 11) is 0. The van der Waals surface area contributed by atoms with Crippen molar-refractivity contribution in [3.63, 3.8) is 0 Å². The largest absolute Gasteiger partial charge is 0.365 e. The first-order valence-corrected chi connectivity index (χ1v) is 18.0. The van der Waals surface area contributed by atoms with Gasteiger partial charge in [0.05, 0.1) is 11.0 Å². The fourth-order valence-corrected chi connectivity index (χ4v) is 5.84. The van der Waals surface area contributed by atoms with E-state index in [1.807, 2.05) is 109 Å². The predicted octanol–water partition coefficient (Wildman–Crippen LogP) is 10.5. The van der Waals surface area contributed by atoms with Crippen LogP contribution in [0.4, 0.5) is 27.9 Å². The Morgan fingerprint density at radius 3 is 1.22 bits per heavy atom. The quantitative estimate of drug-likeness (QED) is 0.0985. The third-order valence-electron chi connectivity index (χ3n) is 8.54. The Kier molecular flexibility index (Phi) is 11.8. The molecule has 0 atom stereocenters. The number of aromatic nitrogens is 4. The van der Waals surface area contributed by atoms with Crippen LogP contribution < -0.4 is 21.3 Å². The summed E-state index contributed by atoms with van der Waals surface area (Å²) in [5, 5.41) is 16.1. The van der Waals surface area contributed by atoms with Gasteiger partial charge in [0.1, 0.15) is 17.5 Å². The summed E-state index contributed by atoms with van der Waals surface area (Å²) in [6, 6.07) is 50.5. The van der Waals surface area contributed by atoms with Crippen LogP contribution >= 0.6 is 11.6 Å². The van der Waals surface area contributed by atoms with Crippen molar-refractivity contribution in [3.05, 3.63) is 191 Å². The fourth-order valence-electron chi connectivity index (χ4n) is 5.71. The molecule has 8 rings (SSSR count). The smallest absolute Gasteiger partial charge is 0.225 e. The van der Waals surface area contributed by atoms with E-state index < -0.39 is 0 Å². The maximum Gasteiger partial charge on any atom is 0.225 e. The molecule has 0 aliphatic rings. The van der Waals surface area contributed by atoms with Gasteiger partial charge in [-0.2, -0.15) is 9.97 Å². The molecule has 0 aliphatic heterocycles. The molecule has 0 fully saturated rings. The average Bonchev–Trinajstić information content (AvgIpc) is 3.22. The van der Waals surface area contributed by atoms with Gasteiger partial charge < -0.3 is 21.3 Å². The lowest BCUT2D eigenvalue weighted by Gasteiger charge is -2.12. The maximum absolute atomic E-state index is 13.0. The van der Waals surface area contributed by atoms with Crippen molar-refractivity contribution in [2.75, 3.05) is 21.3 Å². The first-order chi connectivity index (χ1) is 26.6. The van der Waals surface area contributed by atoms with Crippen LogP contribution in [0.25, 0.3) is 21.8 Å². The van der Waals surface area contributed by atoms with Crippen LogP contribution in [0.3, 0.4) is 0 Å². The molecule has 0 bridgehead atoms. The Labute approximate surface area is 318 Å². The topological polar surface area (TPSA) is 99.7 Å². The van der Waals surface area contributed by atoms with Crippen molar-refractivity contribution in [3.8, 4) is 0 Å². The van der Waals surface area contributed by atoms with E-state index in [0.717, 1.165) is 49.6 Å². The minimum Gasteiger partial charge on any atom is -0.365 e. The number of hydrogen-bond donors (Lipinski definition) is 4. The first kappa shape index (κ1) is 35.8. The van der Waals surface area contributed by atoms with Gasteiger partial charge in [0.25, 0.3) is 0 Å². The number of halogens is 2. The normalized spacial score (nSPS) is 10.7. The highest BCUT2D eigenvalue weighted by Crippen LogP contribution is 2.24. The monoisotopic (exact) mass is 732 g/mol. The lowest BCUT2D eigenvalue weighted by molar-refractivity contribution is 0.627. The summed E-state index contributed by atoms with van der Waals surface area (Å²) in [5.41, 5.74) is 6.24. The number of hydrogen-bond acceptors (Lipinski definition) is 8. The molecule has 2 aromatic heterocycles. The van der Waals surface area contributed by atoms with Crippen molar-refractivity contribution in [2.24, 2.45) is 0 Å². The van der Waals surface area contributed by atoms with E-state index in [-0.39, 0.29) is 5.82 Å². The highest BCUT2D eigenvalue weighted by molar-refractivity contribution is 6.30. The maximum atomic E-state index is 13.0. The summed E-state index contributed by atoms with van der Waals surface area (Å²) >= 11 is 5.95. The van der Waals surface area contributed by atoms with E-state index in [1.165, 1.54) is 23.3 Å². The first-order valence-electron chi connectivity index (χ1n) is 17.6. The molecule has 0 saturated heterocycles. The second-order valence-electron chi connectivity index (χ2n) is 12.5. The van der Waals surface area contributed by atoms with Gasteiger partial charge in [0.15, 0.2) is 0 Å². The molecule has 6 aromatic carbocycles. The van der Waals surface area contributed by atoms with Crippen molar-refractivity contribution < 1.29 is 4.39 Å². The number of benzene rings is 6. The molecule has 2 heterocycles. The summed E-state index contributed by atoms with van der Waals surface area (Å²) < 4.78 is 13.0. The van der Waals surface area contributed by atoms with Crippen LogP contribution in [0.2, 0.25) is 5.02 Å². The van der Waals surface area contributed by atoms with E-state index >= 15 is 0 Å². The number of fused-ring (bicyclic) bond motifs is 2.